The van der Waals surface area contributed by atoms with Gasteiger partial charge in [0.25, 0.3) is 5.69 Å². The molecule has 0 aliphatic carbocycles. The Balaban J connectivity index is 2.11. The molecule has 0 saturated carbocycles. The van der Waals surface area contributed by atoms with Crippen molar-refractivity contribution >= 4 is 11.4 Å². The number of hydrogen-bond donors (Lipinski definition) is 1. The Morgan fingerprint density at radius 1 is 1.33 bits per heavy atom. The molecule has 0 amide bonds. The molecule has 1 N–H and O–H groups in total. The summed E-state index contributed by atoms with van der Waals surface area (Å²) >= 11 is 0. The molecule has 1 aromatic carbocycles. The van der Waals surface area contributed by atoms with Gasteiger partial charge in [-0.3, -0.25) is 10.1 Å². The highest BCUT2D eigenvalue weighted by atomic mass is 19.1. The summed E-state index contributed by atoms with van der Waals surface area (Å²) in [5, 5.41) is 12.7. The zero-order valence-electron chi connectivity index (χ0n) is 10.1. The summed E-state index contributed by atoms with van der Waals surface area (Å²) in [5.41, 5.74) is 3.06. The van der Waals surface area contributed by atoms with Gasteiger partial charge in [-0.25, -0.2) is 9.40 Å². The molecule has 0 radical (unpaired) electrons. The number of benzene rings is 1. The fraction of sp³-hybridized carbons (Fsp3) is 0.455. The van der Waals surface area contributed by atoms with Crippen molar-refractivity contribution in [3.8, 4) is 0 Å². The van der Waals surface area contributed by atoms with Gasteiger partial charge in [0.2, 0.25) is 0 Å². The average Bonchev–Trinajstić information content (AvgIpc) is 2.34. The molecule has 2 rings (SSSR count). The molecule has 1 fully saturated rings. The minimum atomic E-state index is -0.606. The fourth-order valence-corrected chi connectivity index (χ4v) is 1.84. The largest absolute Gasteiger partial charge is 0.313 e. The van der Waals surface area contributed by atoms with Gasteiger partial charge in [-0.05, 0) is 19.2 Å². The fourth-order valence-electron chi connectivity index (χ4n) is 1.84. The maximum absolute atomic E-state index is 13.0. The number of likely N-dealkylation sites (N-methyl/N-ethyl adjacent to an activating group) is 1. The maximum atomic E-state index is 13.0. The van der Waals surface area contributed by atoms with Gasteiger partial charge in [0.15, 0.2) is 0 Å². The van der Waals surface area contributed by atoms with E-state index >= 15 is 0 Å². The van der Waals surface area contributed by atoms with E-state index in [1.54, 1.807) is 0 Å². The second-order valence-electron chi connectivity index (χ2n) is 4.32. The molecule has 7 heteroatoms. The average molecular weight is 254 g/mol. The van der Waals surface area contributed by atoms with E-state index in [4.69, 9.17) is 0 Å². The normalized spacial score (nSPS) is 17.7. The molecule has 18 heavy (non-hydrogen) atoms. The molecular formula is C11H15FN4O2. The van der Waals surface area contributed by atoms with Crippen LogP contribution >= 0.6 is 0 Å². The van der Waals surface area contributed by atoms with E-state index in [0.29, 0.717) is 5.69 Å². The Morgan fingerprint density at radius 2 is 2.00 bits per heavy atom. The van der Waals surface area contributed by atoms with Crippen LogP contribution in [0.15, 0.2) is 18.2 Å². The van der Waals surface area contributed by atoms with Crippen LogP contribution in [-0.4, -0.2) is 48.1 Å². The summed E-state index contributed by atoms with van der Waals surface area (Å²) in [5.74, 6) is -0.606. The van der Waals surface area contributed by atoms with Gasteiger partial charge in [0.05, 0.1) is 11.0 Å². The van der Waals surface area contributed by atoms with E-state index in [9.17, 15) is 14.5 Å². The number of hydrazine groups is 1. The van der Waals surface area contributed by atoms with Crippen LogP contribution < -0.4 is 5.43 Å². The zero-order valence-corrected chi connectivity index (χ0v) is 10.1. The lowest BCUT2D eigenvalue weighted by atomic mass is 10.2. The van der Waals surface area contributed by atoms with Gasteiger partial charge in [0.1, 0.15) is 11.5 Å². The van der Waals surface area contributed by atoms with Crippen LogP contribution in [-0.2, 0) is 0 Å². The van der Waals surface area contributed by atoms with Crippen molar-refractivity contribution < 1.29 is 9.31 Å². The second-order valence-corrected chi connectivity index (χ2v) is 4.32. The van der Waals surface area contributed by atoms with Gasteiger partial charge in [-0.2, -0.15) is 0 Å². The Morgan fingerprint density at radius 3 is 2.61 bits per heavy atom. The standard InChI is InChI=1S/C11H15FN4O2/c1-14-4-6-15(7-5-14)13-10-3-2-9(12)8-11(10)16(17)18/h2-3,8,13H,4-7H2,1H3. The topological polar surface area (TPSA) is 61.6 Å². The Labute approximate surface area is 104 Å². The second kappa shape index (κ2) is 5.28. The predicted molar refractivity (Wildman–Crippen MR) is 65.7 cm³/mol. The Bertz CT molecular complexity index is 447. The number of nitro benzene ring substituents is 1. The van der Waals surface area contributed by atoms with Crippen molar-refractivity contribution in [1.29, 1.82) is 0 Å². The lowest BCUT2D eigenvalue weighted by Gasteiger charge is -2.32. The summed E-state index contributed by atoms with van der Waals surface area (Å²) in [7, 11) is 2.03. The van der Waals surface area contributed by atoms with E-state index in [2.05, 4.69) is 10.3 Å². The van der Waals surface area contributed by atoms with Gasteiger partial charge < -0.3 is 10.3 Å². The first-order valence-corrected chi connectivity index (χ1v) is 5.70. The van der Waals surface area contributed by atoms with E-state index in [-0.39, 0.29) is 5.69 Å². The molecule has 1 aromatic rings. The minimum Gasteiger partial charge on any atom is -0.313 e. The third-order valence-corrected chi connectivity index (χ3v) is 2.94. The lowest BCUT2D eigenvalue weighted by Crippen LogP contribution is -2.47. The third-order valence-electron chi connectivity index (χ3n) is 2.94. The van der Waals surface area contributed by atoms with Crippen LogP contribution in [0.2, 0.25) is 0 Å². The number of halogens is 1. The van der Waals surface area contributed by atoms with Crippen LogP contribution in [0.4, 0.5) is 15.8 Å². The predicted octanol–water partition coefficient (Wildman–Crippen LogP) is 1.31. The van der Waals surface area contributed by atoms with E-state index < -0.39 is 10.7 Å². The van der Waals surface area contributed by atoms with Crippen molar-refractivity contribution in [3.05, 3.63) is 34.1 Å². The lowest BCUT2D eigenvalue weighted by molar-refractivity contribution is -0.384. The van der Waals surface area contributed by atoms with E-state index in [1.807, 2.05) is 12.1 Å². The number of nitrogens with zero attached hydrogens (tertiary/aromatic N) is 3. The summed E-state index contributed by atoms with van der Waals surface area (Å²) in [6, 6.07) is 3.54. The van der Waals surface area contributed by atoms with Crippen molar-refractivity contribution in [3.63, 3.8) is 0 Å². The molecule has 0 aromatic heterocycles. The highest BCUT2D eigenvalue weighted by molar-refractivity contribution is 5.60. The monoisotopic (exact) mass is 254 g/mol. The summed E-state index contributed by atoms with van der Waals surface area (Å²) in [6.07, 6.45) is 0. The number of rotatable bonds is 3. The number of piperazine rings is 1. The summed E-state index contributed by atoms with van der Waals surface area (Å²) in [4.78, 5) is 12.4. The third kappa shape index (κ3) is 2.93. The van der Waals surface area contributed by atoms with Crippen LogP contribution in [0.1, 0.15) is 0 Å². The first kappa shape index (κ1) is 12.7. The van der Waals surface area contributed by atoms with Crippen molar-refractivity contribution in [2.24, 2.45) is 0 Å². The quantitative estimate of drug-likeness (QED) is 0.651. The molecule has 1 aliphatic rings. The molecule has 1 saturated heterocycles. The van der Waals surface area contributed by atoms with Crippen molar-refractivity contribution in [1.82, 2.24) is 9.91 Å². The van der Waals surface area contributed by atoms with Crippen LogP contribution in [0.25, 0.3) is 0 Å². The molecule has 1 aliphatic heterocycles. The van der Waals surface area contributed by atoms with Gasteiger partial charge in [-0.1, -0.05) is 0 Å². The molecule has 98 valence electrons. The highest BCUT2D eigenvalue weighted by Gasteiger charge is 2.19. The molecule has 0 atom stereocenters. The van der Waals surface area contributed by atoms with Crippen LogP contribution in [0, 0.1) is 15.9 Å². The number of anilines is 1. The Hall–Kier alpha value is -1.73. The molecule has 1 heterocycles. The number of nitro groups is 1. The molecule has 6 nitrogen and oxygen atoms in total. The minimum absolute atomic E-state index is 0.242. The van der Waals surface area contributed by atoms with Gasteiger partial charge in [0, 0.05) is 26.2 Å². The van der Waals surface area contributed by atoms with Crippen molar-refractivity contribution in [2.45, 2.75) is 0 Å². The van der Waals surface area contributed by atoms with Crippen LogP contribution in [0.3, 0.4) is 0 Å². The Kier molecular flexibility index (Phi) is 3.73. The molecule has 0 bridgehead atoms. The maximum Gasteiger partial charge on any atom is 0.296 e. The summed E-state index contributed by atoms with van der Waals surface area (Å²) in [6.45, 7) is 3.32. The highest BCUT2D eigenvalue weighted by Crippen LogP contribution is 2.25. The first-order chi connectivity index (χ1) is 8.56. The number of nitrogens with one attached hydrogen (secondary N) is 1. The zero-order chi connectivity index (χ0) is 13.1. The van der Waals surface area contributed by atoms with Crippen molar-refractivity contribution in [2.75, 3.05) is 38.7 Å². The van der Waals surface area contributed by atoms with E-state index in [1.165, 1.54) is 12.1 Å². The number of hydrogen-bond acceptors (Lipinski definition) is 5. The van der Waals surface area contributed by atoms with Gasteiger partial charge >= 0.3 is 0 Å². The van der Waals surface area contributed by atoms with Crippen LogP contribution in [0.5, 0.6) is 0 Å². The first-order valence-electron chi connectivity index (χ1n) is 5.70. The smallest absolute Gasteiger partial charge is 0.296 e. The molecule has 0 unspecified atom stereocenters. The SMILES string of the molecule is CN1CCN(Nc2ccc(F)cc2[N+](=O)[O-])CC1. The van der Waals surface area contributed by atoms with E-state index in [0.717, 1.165) is 32.2 Å². The molecular weight excluding hydrogens is 239 g/mol. The van der Waals surface area contributed by atoms with Gasteiger partial charge in [-0.15, -0.1) is 0 Å². The molecule has 0 spiro atoms. The summed E-state index contributed by atoms with van der Waals surface area (Å²) < 4.78 is 13.0.